The van der Waals surface area contributed by atoms with Crippen molar-refractivity contribution < 1.29 is 0 Å². The number of H-pyrrole nitrogens is 1. The molecule has 108 valence electrons. The first-order valence-corrected chi connectivity index (χ1v) is 6.82. The minimum Gasteiger partial charge on any atom is -0.399 e. The van der Waals surface area contributed by atoms with Crippen LogP contribution in [0.25, 0.3) is 17.8 Å². The first kappa shape index (κ1) is 13.4. The van der Waals surface area contributed by atoms with Crippen molar-refractivity contribution in [3.05, 3.63) is 55.7 Å². The van der Waals surface area contributed by atoms with Crippen LogP contribution in [0.1, 0.15) is 20.3 Å². The number of benzene rings is 1. The van der Waals surface area contributed by atoms with Crippen molar-refractivity contribution in [1.82, 2.24) is 9.55 Å². The lowest BCUT2D eigenvalue weighted by molar-refractivity contribution is 0.531. The van der Waals surface area contributed by atoms with Crippen LogP contribution in [0.4, 0.5) is 5.69 Å². The fourth-order valence-corrected chi connectivity index (χ4v) is 2.54. The molecule has 0 spiro atoms. The lowest BCUT2D eigenvalue weighted by atomic mass is 9.86. The van der Waals surface area contributed by atoms with Gasteiger partial charge in [-0.15, -0.1) is 0 Å². The molecule has 3 rings (SSSR count). The molecule has 1 aliphatic rings. The summed E-state index contributed by atoms with van der Waals surface area (Å²) in [7, 11) is 0. The zero-order valence-electron chi connectivity index (χ0n) is 12.0. The predicted molar refractivity (Wildman–Crippen MR) is 83.7 cm³/mol. The van der Waals surface area contributed by atoms with Crippen molar-refractivity contribution in [2.24, 2.45) is 5.41 Å². The van der Waals surface area contributed by atoms with Gasteiger partial charge in [-0.3, -0.25) is 4.79 Å². The number of nitrogens with one attached hydrogen (secondary N) is 1. The number of hydrogen-bond acceptors (Lipinski definition) is 3. The molecule has 1 aliphatic carbocycles. The van der Waals surface area contributed by atoms with Crippen LogP contribution >= 0.6 is 0 Å². The number of rotatable bonds is 1. The van der Waals surface area contributed by atoms with E-state index in [0.29, 0.717) is 21.9 Å². The molecule has 1 aromatic heterocycles. The van der Waals surface area contributed by atoms with Crippen molar-refractivity contribution in [3.8, 4) is 5.69 Å². The summed E-state index contributed by atoms with van der Waals surface area (Å²) in [5.41, 5.74) is 5.90. The van der Waals surface area contributed by atoms with E-state index in [0.717, 1.165) is 11.0 Å². The SMILES string of the molecule is CC1(C)C=c2c([nH]c(=O)n(-c3ccc(N)cc3)c2=O)=CC1. The van der Waals surface area contributed by atoms with E-state index in [2.05, 4.69) is 18.8 Å². The van der Waals surface area contributed by atoms with Gasteiger partial charge in [0.05, 0.1) is 16.3 Å². The zero-order chi connectivity index (χ0) is 15.2. The van der Waals surface area contributed by atoms with Crippen molar-refractivity contribution >= 4 is 17.8 Å². The summed E-state index contributed by atoms with van der Waals surface area (Å²) in [5.74, 6) is 0. The maximum Gasteiger partial charge on any atom is 0.333 e. The Morgan fingerprint density at radius 2 is 1.86 bits per heavy atom. The molecule has 0 unspecified atom stereocenters. The van der Waals surface area contributed by atoms with Gasteiger partial charge in [0.2, 0.25) is 0 Å². The topological polar surface area (TPSA) is 80.9 Å². The van der Waals surface area contributed by atoms with Crippen LogP contribution in [0.5, 0.6) is 0 Å². The summed E-state index contributed by atoms with van der Waals surface area (Å²) in [6.07, 6.45) is 4.63. The molecule has 2 aromatic rings. The van der Waals surface area contributed by atoms with Crippen molar-refractivity contribution in [2.75, 3.05) is 5.73 Å². The van der Waals surface area contributed by atoms with Crippen LogP contribution in [-0.2, 0) is 0 Å². The van der Waals surface area contributed by atoms with E-state index in [4.69, 9.17) is 5.73 Å². The van der Waals surface area contributed by atoms with Gasteiger partial charge >= 0.3 is 5.69 Å². The Labute approximate surface area is 121 Å². The summed E-state index contributed by atoms with van der Waals surface area (Å²) in [6, 6.07) is 6.66. The number of anilines is 1. The van der Waals surface area contributed by atoms with Crippen LogP contribution in [0.2, 0.25) is 0 Å². The number of nitrogens with two attached hydrogens (primary N) is 1. The van der Waals surface area contributed by atoms with Gasteiger partial charge in [0, 0.05) is 5.69 Å². The average molecular weight is 283 g/mol. The Morgan fingerprint density at radius 3 is 2.52 bits per heavy atom. The molecular weight excluding hydrogens is 266 g/mol. The predicted octanol–water partition coefficient (Wildman–Crippen LogP) is 0.0989. The molecule has 0 bridgehead atoms. The summed E-state index contributed by atoms with van der Waals surface area (Å²) in [4.78, 5) is 27.6. The smallest absolute Gasteiger partial charge is 0.333 e. The van der Waals surface area contributed by atoms with Gasteiger partial charge in [-0.25, -0.2) is 9.36 Å². The van der Waals surface area contributed by atoms with E-state index >= 15 is 0 Å². The highest BCUT2D eigenvalue weighted by Gasteiger charge is 2.18. The Balaban J connectivity index is 2.38. The standard InChI is InChI=1S/C16H17N3O2/c1-16(2)8-7-13-12(9-16)14(20)19(15(21)18-13)11-5-3-10(17)4-6-11/h3-7,9H,8,17H2,1-2H3,(H,18,21). The van der Waals surface area contributed by atoms with E-state index in [1.54, 1.807) is 24.3 Å². The highest BCUT2D eigenvalue weighted by molar-refractivity contribution is 5.46. The summed E-state index contributed by atoms with van der Waals surface area (Å²) in [6.45, 7) is 4.12. The third-order valence-corrected chi connectivity index (χ3v) is 3.69. The molecule has 5 nitrogen and oxygen atoms in total. The molecule has 0 fully saturated rings. The highest BCUT2D eigenvalue weighted by Crippen LogP contribution is 2.23. The normalized spacial score (nSPS) is 15.7. The van der Waals surface area contributed by atoms with E-state index in [-0.39, 0.29) is 11.0 Å². The highest BCUT2D eigenvalue weighted by atomic mass is 16.2. The Hall–Kier alpha value is -2.56. The van der Waals surface area contributed by atoms with Gasteiger partial charge in [-0.05, 0) is 36.1 Å². The second kappa shape index (κ2) is 4.48. The zero-order valence-corrected chi connectivity index (χ0v) is 12.0. The van der Waals surface area contributed by atoms with Gasteiger partial charge < -0.3 is 10.7 Å². The number of nitrogen functional groups attached to an aromatic ring is 1. The van der Waals surface area contributed by atoms with Gasteiger partial charge in [0.25, 0.3) is 5.56 Å². The lowest BCUT2D eigenvalue weighted by Gasteiger charge is -2.20. The third-order valence-electron chi connectivity index (χ3n) is 3.69. The Bertz CT molecular complexity index is 931. The number of nitrogens with zero attached hydrogens (tertiary/aromatic N) is 1. The van der Waals surface area contributed by atoms with Gasteiger partial charge in [-0.2, -0.15) is 0 Å². The maximum absolute atomic E-state index is 12.7. The molecule has 1 heterocycles. The summed E-state index contributed by atoms with van der Waals surface area (Å²) >= 11 is 0. The lowest BCUT2D eigenvalue weighted by Crippen LogP contribution is -2.54. The quantitative estimate of drug-likeness (QED) is 0.728. The van der Waals surface area contributed by atoms with Crippen LogP contribution < -0.4 is 27.6 Å². The molecule has 3 N–H and O–H groups in total. The van der Waals surface area contributed by atoms with Crippen molar-refractivity contribution in [2.45, 2.75) is 20.3 Å². The fourth-order valence-electron chi connectivity index (χ4n) is 2.54. The minimum atomic E-state index is -0.437. The second-order valence-corrected chi connectivity index (χ2v) is 6.03. The molecule has 1 aromatic carbocycles. The van der Waals surface area contributed by atoms with Gasteiger partial charge in [0.15, 0.2) is 0 Å². The first-order valence-electron chi connectivity index (χ1n) is 6.82. The number of aromatic nitrogens is 2. The summed E-state index contributed by atoms with van der Waals surface area (Å²) < 4.78 is 1.14. The van der Waals surface area contributed by atoms with Crippen molar-refractivity contribution in [3.63, 3.8) is 0 Å². The monoisotopic (exact) mass is 283 g/mol. The first-order chi connectivity index (χ1) is 9.87. The molecule has 0 radical (unpaired) electrons. The molecular formula is C16H17N3O2. The van der Waals surface area contributed by atoms with Crippen LogP contribution in [0.15, 0.2) is 33.9 Å². The molecule has 0 amide bonds. The third kappa shape index (κ3) is 2.31. The maximum atomic E-state index is 12.7. The van der Waals surface area contributed by atoms with E-state index in [9.17, 15) is 9.59 Å². The van der Waals surface area contributed by atoms with Crippen LogP contribution in [0, 0.1) is 5.41 Å². The van der Waals surface area contributed by atoms with Crippen molar-refractivity contribution in [1.29, 1.82) is 0 Å². The molecule has 0 aliphatic heterocycles. The Morgan fingerprint density at radius 1 is 1.19 bits per heavy atom. The van der Waals surface area contributed by atoms with Crippen LogP contribution in [-0.4, -0.2) is 9.55 Å². The number of hydrogen-bond donors (Lipinski definition) is 2. The van der Waals surface area contributed by atoms with E-state index in [1.807, 2.05) is 12.2 Å². The molecule has 0 atom stereocenters. The minimum absolute atomic E-state index is 0.0939. The molecule has 5 heteroatoms. The Kier molecular flexibility index (Phi) is 2.86. The van der Waals surface area contributed by atoms with E-state index in [1.165, 1.54) is 0 Å². The number of aromatic amines is 1. The average Bonchev–Trinajstić information content (AvgIpc) is 2.42. The second-order valence-electron chi connectivity index (χ2n) is 6.03. The van der Waals surface area contributed by atoms with Gasteiger partial charge in [0.1, 0.15) is 0 Å². The summed E-state index contributed by atoms with van der Waals surface area (Å²) in [5, 5.41) is 1.15. The fraction of sp³-hybridized carbons (Fsp3) is 0.250. The van der Waals surface area contributed by atoms with E-state index < -0.39 is 5.69 Å². The largest absolute Gasteiger partial charge is 0.399 e. The molecule has 21 heavy (non-hydrogen) atoms. The number of fused-ring (bicyclic) bond motifs is 1. The molecule has 0 saturated carbocycles. The van der Waals surface area contributed by atoms with Gasteiger partial charge in [-0.1, -0.05) is 26.0 Å². The molecule has 0 saturated heterocycles. The van der Waals surface area contributed by atoms with Crippen LogP contribution in [0.3, 0.4) is 0 Å².